The molecule has 4 nitrogen and oxygen atoms in total. The highest BCUT2D eigenvalue weighted by Crippen LogP contribution is 2.45. The first kappa shape index (κ1) is 31.1. The second-order valence-corrected chi connectivity index (χ2v) is 13.5. The van der Waals surface area contributed by atoms with Crippen LogP contribution in [0.2, 0.25) is 0 Å². The van der Waals surface area contributed by atoms with E-state index in [1.54, 1.807) is 0 Å². The maximum Gasteiger partial charge on any atom is 0.0991 e. The van der Waals surface area contributed by atoms with Crippen LogP contribution in [0.1, 0.15) is 11.1 Å². The number of rotatable bonds is 5. The fourth-order valence-electron chi connectivity index (χ4n) is 8.30. The lowest BCUT2D eigenvalue weighted by molar-refractivity contribution is 1.18. The van der Waals surface area contributed by atoms with E-state index in [2.05, 4.69) is 161 Å². The van der Waals surface area contributed by atoms with Crippen molar-refractivity contribution in [2.75, 3.05) is 0 Å². The Labute approximate surface area is 312 Å². The Balaban J connectivity index is 1.26. The van der Waals surface area contributed by atoms with Crippen LogP contribution in [0, 0.1) is 22.7 Å². The molecule has 8 aromatic carbocycles. The van der Waals surface area contributed by atoms with E-state index >= 15 is 0 Å². The normalized spacial score (nSPS) is 11.3. The largest absolute Gasteiger partial charge is 0.309 e. The molecule has 0 atom stereocenters. The molecule has 0 amide bonds. The van der Waals surface area contributed by atoms with E-state index in [-0.39, 0.29) is 0 Å². The van der Waals surface area contributed by atoms with Gasteiger partial charge in [-0.15, -0.1) is 0 Å². The number of aromatic nitrogens is 2. The molecule has 54 heavy (non-hydrogen) atoms. The second-order valence-electron chi connectivity index (χ2n) is 13.5. The standard InChI is InChI=1S/C50H30N4/c51-31-33-24-27-36(28-25-33)54-48-29-26-34(32-52)30-46(48)45-22-11-20-43(50(45)54)40-17-7-5-15-38(40)37-14-4-6-16-39(37)42-19-10-21-44-41-18-8-9-23-47(41)53(49(42)44)35-12-2-1-3-13-35/h1-30H. The fraction of sp³-hybridized carbons (Fsp3) is 0. The number of hydrogen-bond acceptors (Lipinski definition) is 2. The van der Waals surface area contributed by atoms with Crippen molar-refractivity contribution in [3.05, 3.63) is 193 Å². The van der Waals surface area contributed by atoms with Crippen LogP contribution in [-0.4, -0.2) is 9.13 Å². The molecule has 0 radical (unpaired) electrons. The molecule has 0 bridgehead atoms. The molecule has 0 saturated heterocycles. The minimum atomic E-state index is 0.606. The SMILES string of the molecule is N#Cc1ccc(-n2c3ccc(C#N)cc3c3cccc(-c4ccccc4-c4ccccc4-c4cccc5c6ccccc6n(-c6ccccc6)c45)c32)cc1. The van der Waals surface area contributed by atoms with Crippen molar-refractivity contribution in [3.63, 3.8) is 0 Å². The highest BCUT2D eigenvalue weighted by atomic mass is 15.0. The van der Waals surface area contributed by atoms with Gasteiger partial charge in [0, 0.05) is 44.0 Å². The van der Waals surface area contributed by atoms with Gasteiger partial charge in [-0.3, -0.25) is 0 Å². The Bertz CT molecular complexity index is 3170. The molecule has 0 N–H and O–H groups in total. The van der Waals surface area contributed by atoms with Crippen molar-refractivity contribution < 1.29 is 0 Å². The van der Waals surface area contributed by atoms with Gasteiger partial charge in [-0.05, 0) is 82.9 Å². The minimum Gasteiger partial charge on any atom is -0.309 e. The molecule has 0 spiro atoms. The lowest BCUT2D eigenvalue weighted by atomic mass is 9.88. The van der Waals surface area contributed by atoms with Gasteiger partial charge >= 0.3 is 0 Å². The predicted molar refractivity (Wildman–Crippen MR) is 221 cm³/mol. The topological polar surface area (TPSA) is 57.4 Å². The van der Waals surface area contributed by atoms with Gasteiger partial charge in [0.15, 0.2) is 0 Å². The summed E-state index contributed by atoms with van der Waals surface area (Å²) in [4.78, 5) is 0. The lowest BCUT2D eigenvalue weighted by Crippen LogP contribution is -1.97. The van der Waals surface area contributed by atoms with Gasteiger partial charge in [0.05, 0.1) is 45.3 Å². The number of nitriles is 2. The Morgan fingerprint density at radius 1 is 0.315 bits per heavy atom. The highest BCUT2D eigenvalue weighted by molar-refractivity contribution is 6.17. The molecule has 2 aromatic heterocycles. The molecule has 0 aliphatic heterocycles. The first-order valence-corrected chi connectivity index (χ1v) is 18.0. The number of para-hydroxylation sites is 4. The molecule has 250 valence electrons. The molecule has 0 aliphatic carbocycles. The Hall–Kier alpha value is -7.66. The van der Waals surface area contributed by atoms with Crippen LogP contribution in [0.3, 0.4) is 0 Å². The van der Waals surface area contributed by atoms with E-state index in [1.807, 2.05) is 42.5 Å². The Morgan fingerprint density at radius 3 is 1.33 bits per heavy atom. The average Bonchev–Trinajstić information content (AvgIpc) is 3.77. The van der Waals surface area contributed by atoms with E-state index in [9.17, 15) is 10.5 Å². The molecule has 0 aliphatic rings. The Kier molecular flexibility index (Phi) is 7.22. The number of fused-ring (bicyclic) bond motifs is 6. The summed E-state index contributed by atoms with van der Waals surface area (Å²) < 4.78 is 4.67. The van der Waals surface area contributed by atoms with Crippen LogP contribution >= 0.6 is 0 Å². The van der Waals surface area contributed by atoms with Crippen molar-refractivity contribution in [1.82, 2.24) is 9.13 Å². The summed E-state index contributed by atoms with van der Waals surface area (Å²) in [7, 11) is 0. The Morgan fingerprint density at radius 2 is 0.741 bits per heavy atom. The monoisotopic (exact) mass is 686 g/mol. The van der Waals surface area contributed by atoms with E-state index in [0.29, 0.717) is 11.1 Å². The molecule has 10 rings (SSSR count). The first-order chi connectivity index (χ1) is 26.7. The second kappa shape index (κ2) is 12.5. The van der Waals surface area contributed by atoms with Crippen molar-refractivity contribution >= 4 is 43.6 Å². The van der Waals surface area contributed by atoms with Gasteiger partial charge in [-0.1, -0.05) is 121 Å². The zero-order valence-corrected chi connectivity index (χ0v) is 29.1. The van der Waals surface area contributed by atoms with Gasteiger partial charge in [0.1, 0.15) is 0 Å². The van der Waals surface area contributed by atoms with Crippen LogP contribution < -0.4 is 0 Å². The summed E-state index contributed by atoms with van der Waals surface area (Å²) in [6, 6.07) is 68.0. The molecular weight excluding hydrogens is 657 g/mol. The van der Waals surface area contributed by atoms with Crippen LogP contribution in [0.15, 0.2) is 182 Å². The number of hydrogen-bond donors (Lipinski definition) is 0. The smallest absolute Gasteiger partial charge is 0.0991 e. The van der Waals surface area contributed by atoms with Crippen molar-refractivity contribution in [2.24, 2.45) is 0 Å². The summed E-state index contributed by atoms with van der Waals surface area (Å²) in [6.07, 6.45) is 0. The maximum absolute atomic E-state index is 9.87. The molecule has 0 unspecified atom stereocenters. The van der Waals surface area contributed by atoms with E-state index < -0.39 is 0 Å². The van der Waals surface area contributed by atoms with E-state index in [0.717, 1.165) is 66.6 Å². The van der Waals surface area contributed by atoms with Gasteiger partial charge in [0.25, 0.3) is 0 Å². The minimum absolute atomic E-state index is 0.606. The van der Waals surface area contributed by atoms with Gasteiger partial charge in [-0.2, -0.15) is 10.5 Å². The summed E-state index contributed by atoms with van der Waals surface area (Å²) in [5, 5.41) is 23.9. The molecular formula is C50H30N4. The summed E-state index contributed by atoms with van der Waals surface area (Å²) in [5.41, 5.74) is 14.4. The van der Waals surface area contributed by atoms with Crippen LogP contribution in [-0.2, 0) is 0 Å². The summed E-state index contributed by atoms with van der Waals surface area (Å²) in [5.74, 6) is 0. The predicted octanol–water partition coefficient (Wildman–Crippen LogP) is 12.6. The zero-order valence-electron chi connectivity index (χ0n) is 29.1. The first-order valence-electron chi connectivity index (χ1n) is 18.0. The number of nitrogens with zero attached hydrogens (tertiary/aromatic N) is 4. The molecule has 10 aromatic rings. The van der Waals surface area contributed by atoms with Crippen LogP contribution in [0.5, 0.6) is 0 Å². The lowest BCUT2D eigenvalue weighted by Gasteiger charge is -2.18. The average molecular weight is 687 g/mol. The van der Waals surface area contributed by atoms with Crippen molar-refractivity contribution in [1.29, 1.82) is 10.5 Å². The molecule has 2 heterocycles. The van der Waals surface area contributed by atoms with Gasteiger partial charge < -0.3 is 9.13 Å². The number of benzene rings is 8. The quantitative estimate of drug-likeness (QED) is 0.181. The summed E-state index contributed by atoms with van der Waals surface area (Å²) in [6.45, 7) is 0. The van der Waals surface area contributed by atoms with E-state index in [1.165, 1.54) is 21.8 Å². The summed E-state index contributed by atoms with van der Waals surface area (Å²) >= 11 is 0. The molecule has 4 heteroatoms. The van der Waals surface area contributed by atoms with Crippen molar-refractivity contribution in [3.8, 4) is 56.9 Å². The third-order valence-electron chi connectivity index (χ3n) is 10.6. The van der Waals surface area contributed by atoms with Crippen molar-refractivity contribution in [2.45, 2.75) is 0 Å². The fourth-order valence-corrected chi connectivity index (χ4v) is 8.30. The molecule has 0 fully saturated rings. The molecule has 0 saturated carbocycles. The zero-order chi connectivity index (χ0) is 36.2. The van der Waals surface area contributed by atoms with Gasteiger partial charge in [-0.25, -0.2) is 0 Å². The third-order valence-corrected chi connectivity index (χ3v) is 10.6. The van der Waals surface area contributed by atoms with Crippen LogP contribution in [0.25, 0.3) is 88.4 Å². The van der Waals surface area contributed by atoms with Crippen LogP contribution in [0.4, 0.5) is 0 Å². The third kappa shape index (κ3) is 4.76. The maximum atomic E-state index is 9.87. The van der Waals surface area contributed by atoms with Gasteiger partial charge in [0.2, 0.25) is 0 Å². The van der Waals surface area contributed by atoms with E-state index in [4.69, 9.17) is 0 Å². The highest BCUT2D eigenvalue weighted by Gasteiger charge is 2.22.